The third kappa shape index (κ3) is 5.39. The number of fused-ring (bicyclic) bond motifs is 21. The zero-order valence-electron chi connectivity index (χ0n) is 40.2. The molecule has 11 aromatic carbocycles. The first-order valence-corrected chi connectivity index (χ1v) is 27.7. The van der Waals surface area contributed by atoms with Crippen LogP contribution in [-0.2, 0) is 0 Å². The van der Waals surface area contributed by atoms with Crippen LogP contribution in [0.25, 0.3) is 154 Å². The molecule has 0 bridgehead atoms. The fourth-order valence-electron chi connectivity index (χ4n) is 12.9. The first-order chi connectivity index (χ1) is 37.7. The lowest BCUT2D eigenvalue weighted by molar-refractivity contribution is 1.06. The first kappa shape index (κ1) is 41.9. The molecule has 17 aromatic rings. The van der Waals surface area contributed by atoms with E-state index in [-0.39, 0.29) is 0 Å². The molecule has 0 spiro atoms. The summed E-state index contributed by atoms with van der Waals surface area (Å²) in [5.74, 6) is 0. The number of benzene rings is 11. The number of hydrogen-bond acceptors (Lipinski definition) is 5. The predicted molar refractivity (Wildman–Crippen MR) is 323 cm³/mol. The van der Waals surface area contributed by atoms with Crippen molar-refractivity contribution in [3.63, 3.8) is 0 Å². The van der Waals surface area contributed by atoms with Crippen LogP contribution in [0.15, 0.2) is 212 Å². The summed E-state index contributed by atoms with van der Waals surface area (Å²) < 4.78 is 14.2. The maximum absolute atomic E-state index is 12.7. The molecular formula is C68H35N5S3. The van der Waals surface area contributed by atoms with Gasteiger partial charge in [0.2, 0.25) is 0 Å². The van der Waals surface area contributed by atoms with Crippen LogP contribution < -0.4 is 0 Å². The van der Waals surface area contributed by atoms with Crippen LogP contribution in [0.5, 0.6) is 0 Å². The van der Waals surface area contributed by atoms with Crippen LogP contribution in [-0.4, -0.2) is 13.7 Å². The molecular weight excluding hydrogens is 983 g/mol. The molecule has 5 nitrogen and oxygen atoms in total. The van der Waals surface area contributed by atoms with Crippen molar-refractivity contribution in [1.29, 1.82) is 10.5 Å². The van der Waals surface area contributed by atoms with E-state index in [4.69, 9.17) is 0 Å². The highest BCUT2D eigenvalue weighted by molar-refractivity contribution is 7.27. The van der Waals surface area contributed by atoms with Crippen LogP contribution in [0.1, 0.15) is 11.1 Å². The molecule has 0 saturated carbocycles. The van der Waals surface area contributed by atoms with E-state index in [2.05, 4.69) is 220 Å². The molecule has 0 aliphatic carbocycles. The van der Waals surface area contributed by atoms with E-state index >= 15 is 0 Å². The van der Waals surface area contributed by atoms with E-state index in [1.165, 1.54) is 60.5 Å². The minimum absolute atomic E-state index is 0.458. The molecule has 0 N–H and O–H groups in total. The normalized spacial score (nSPS) is 12.2. The lowest BCUT2D eigenvalue weighted by Crippen LogP contribution is -2.14. The molecule has 0 aliphatic rings. The number of nitriles is 2. The van der Waals surface area contributed by atoms with Gasteiger partial charge in [-0.05, 0) is 60.2 Å². The third-order valence-electron chi connectivity index (χ3n) is 15.9. The maximum atomic E-state index is 12.7. The van der Waals surface area contributed by atoms with Gasteiger partial charge in [-0.25, -0.2) is 0 Å². The highest BCUT2D eigenvalue weighted by atomic mass is 32.1. The van der Waals surface area contributed by atoms with Crippen LogP contribution >= 0.6 is 34.0 Å². The van der Waals surface area contributed by atoms with Gasteiger partial charge >= 0.3 is 0 Å². The molecule has 8 heteroatoms. The largest absolute Gasteiger partial charge is 0.307 e. The van der Waals surface area contributed by atoms with Crippen molar-refractivity contribution in [3.05, 3.63) is 223 Å². The summed E-state index contributed by atoms with van der Waals surface area (Å²) in [4.78, 5) is 0. The zero-order chi connectivity index (χ0) is 49.9. The van der Waals surface area contributed by atoms with Crippen molar-refractivity contribution < 1.29 is 0 Å². The van der Waals surface area contributed by atoms with Gasteiger partial charge in [0.1, 0.15) is 17.7 Å². The summed E-state index contributed by atoms with van der Waals surface area (Å²) in [6.45, 7) is 0. The van der Waals surface area contributed by atoms with Crippen molar-refractivity contribution >= 4 is 160 Å². The third-order valence-corrected chi connectivity index (χ3v) is 19.5. The smallest absolute Gasteiger partial charge is 0.104 e. The monoisotopic (exact) mass is 1020 g/mol. The van der Waals surface area contributed by atoms with E-state index in [1.54, 1.807) is 0 Å². The number of aromatic nitrogens is 3. The minimum Gasteiger partial charge on any atom is -0.307 e. The second-order valence-electron chi connectivity index (χ2n) is 19.6. The van der Waals surface area contributed by atoms with Crippen molar-refractivity contribution in [2.75, 3.05) is 0 Å². The summed E-state index contributed by atoms with van der Waals surface area (Å²) in [6, 6.07) is 81.4. The second-order valence-corrected chi connectivity index (χ2v) is 22.8. The molecule has 6 aromatic heterocycles. The van der Waals surface area contributed by atoms with Crippen molar-refractivity contribution in [3.8, 4) is 40.3 Å². The van der Waals surface area contributed by atoms with Crippen molar-refractivity contribution in [1.82, 2.24) is 13.7 Å². The Balaban J connectivity index is 1.14. The molecule has 0 amide bonds. The van der Waals surface area contributed by atoms with Crippen LogP contribution in [0.4, 0.5) is 0 Å². The Kier molecular flexibility index (Phi) is 8.54. The number of para-hydroxylation sites is 3. The van der Waals surface area contributed by atoms with E-state index in [0.29, 0.717) is 33.8 Å². The average Bonchev–Trinajstić information content (AvgIpc) is 4.44. The van der Waals surface area contributed by atoms with E-state index in [0.717, 1.165) is 71.0 Å². The number of nitrogens with zero attached hydrogens (tertiary/aromatic N) is 5. The molecule has 350 valence electrons. The predicted octanol–water partition coefficient (Wildman–Crippen LogP) is 19.5. The maximum Gasteiger partial charge on any atom is 0.104 e. The first-order valence-electron chi connectivity index (χ1n) is 25.3. The standard InChI is InChI=1S/C68H35N5S3/c69-36-48-59(38-16-2-1-3-17-38)63(71-50-24-10-4-21-45(50)60-53(71)33-30-42-39-18-7-13-27-56(39)74-66(42)60)49(37-70)65(73-52-26-12-6-23-47(52)62-55(73)35-32-44-41-20-9-15-29-58(41)76-68(44)62)64(48)72-51-25-11-5-22-46(51)61-54(72)34-31-43-40-19-8-14-28-57(40)75-67(43)61/h1-35H. The van der Waals surface area contributed by atoms with Crippen LogP contribution in [0.2, 0.25) is 0 Å². The number of hydrogen-bond donors (Lipinski definition) is 0. The van der Waals surface area contributed by atoms with Gasteiger partial charge in [0.25, 0.3) is 0 Å². The number of rotatable bonds is 4. The molecule has 0 fully saturated rings. The quantitative estimate of drug-likeness (QED) is 0.176. The van der Waals surface area contributed by atoms with Gasteiger partial charge in [-0.2, -0.15) is 10.5 Å². The Bertz CT molecular complexity index is 5510. The molecule has 0 aliphatic heterocycles. The van der Waals surface area contributed by atoms with Gasteiger partial charge in [-0.3, -0.25) is 0 Å². The molecule has 76 heavy (non-hydrogen) atoms. The lowest BCUT2D eigenvalue weighted by atomic mass is 9.91. The van der Waals surface area contributed by atoms with Gasteiger partial charge in [-0.15, -0.1) is 34.0 Å². The molecule has 0 atom stereocenters. The summed E-state index contributed by atoms with van der Waals surface area (Å²) in [5.41, 5.74) is 10.2. The van der Waals surface area contributed by atoms with Gasteiger partial charge in [0, 0.05) is 98.4 Å². The van der Waals surface area contributed by atoms with Crippen LogP contribution in [0.3, 0.4) is 0 Å². The lowest BCUT2D eigenvalue weighted by Gasteiger charge is -2.26. The molecule has 6 heterocycles. The molecule has 0 saturated heterocycles. The van der Waals surface area contributed by atoms with E-state index in [9.17, 15) is 10.5 Å². The SMILES string of the molecule is N#Cc1c(-c2ccccc2)c(-n2c3ccccc3c3c4sc5ccccc5c4ccc32)c(C#N)c(-n2c3ccccc3c3c4sc5ccccc5c4ccc32)c1-n1c2ccccc2c2c3sc4ccccc4c3ccc21. The Hall–Kier alpha value is -9.54. The van der Waals surface area contributed by atoms with Crippen molar-refractivity contribution in [2.45, 2.75) is 0 Å². The van der Waals surface area contributed by atoms with E-state index in [1.807, 2.05) is 52.2 Å². The van der Waals surface area contributed by atoms with Gasteiger partial charge in [0.15, 0.2) is 0 Å². The Morgan fingerprint density at radius 2 is 0.605 bits per heavy atom. The molecule has 17 rings (SSSR count). The summed E-state index contributed by atoms with van der Waals surface area (Å²) in [5, 5.41) is 39.0. The molecule has 0 radical (unpaired) electrons. The second kappa shape index (κ2) is 15.5. The van der Waals surface area contributed by atoms with Gasteiger partial charge < -0.3 is 13.7 Å². The number of thiophene rings is 3. The average molecular weight is 1020 g/mol. The van der Waals surface area contributed by atoms with Crippen molar-refractivity contribution in [2.24, 2.45) is 0 Å². The summed E-state index contributed by atoms with van der Waals surface area (Å²) in [7, 11) is 0. The highest BCUT2D eigenvalue weighted by Crippen LogP contribution is 2.52. The molecule has 0 unspecified atom stereocenters. The van der Waals surface area contributed by atoms with E-state index < -0.39 is 0 Å². The fourth-order valence-corrected chi connectivity index (χ4v) is 16.7. The summed E-state index contributed by atoms with van der Waals surface area (Å²) >= 11 is 5.42. The minimum atomic E-state index is 0.458. The van der Waals surface area contributed by atoms with Crippen LogP contribution in [0, 0.1) is 22.7 Å². The Labute approximate surface area is 445 Å². The Morgan fingerprint density at radius 1 is 0.276 bits per heavy atom. The topological polar surface area (TPSA) is 62.4 Å². The summed E-state index contributed by atoms with van der Waals surface area (Å²) in [6.07, 6.45) is 0. The Morgan fingerprint density at radius 3 is 1.00 bits per heavy atom. The fraction of sp³-hybridized carbons (Fsp3) is 0. The van der Waals surface area contributed by atoms with Gasteiger partial charge in [-0.1, -0.05) is 158 Å². The highest BCUT2D eigenvalue weighted by Gasteiger charge is 2.34. The zero-order valence-corrected chi connectivity index (χ0v) is 42.6. The van der Waals surface area contributed by atoms with Gasteiger partial charge in [0.05, 0.1) is 55.7 Å².